The van der Waals surface area contributed by atoms with Crippen LogP contribution in [0.2, 0.25) is 5.02 Å². The molecule has 18 heavy (non-hydrogen) atoms. The second kappa shape index (κ2) is 4.44. The molecule has 1 aromatic carbocycles. The lowest BCUT2D eigenvalue weighted by molar-refractivity contribution is 0.880. The molecule has 0 aliphatic carbocycles. The van der Waals surface area contributed by atoms with Crippen molar-refractivity contribution in [1.29, 1.82) is 0 Å². The number of rotatable bonds is 2. The smallest absolute Gasteiger partial charge is 0.0712 e. The zero-order valence-corrected chi connectivity index (χ0v) is 10.4. The highest BCUT2D eigenvalue weighted by Gasteiger charge is 2.14. The maximum absolute atomic E-state index is 6.28. The van der Waals surface area contributed by atoms with Gasteiger partial charge in [0.05, 0.1) is 17.8 Å². The molecule has 0 fully saturated rings. The van der Waals surface area contributed by atoms with Gasteiger partial charge in [-0.05, 0) is 29.8 Å². The van der Waals surface area contributed by atoms with E-state index in [9.17, 15) is 0 Å². The Hall–Kier alpha value is -1.84. The summed E-state index contributed by atoms with van der Waals surface area (Å²) in [4.78, 5) is 0. The standard InChI is InChI=1S/C14H12ClN3/c15-11-5-3-4-10(8-11)14(16)12-9-17-18-7-2-1-6-13(12)18/h1-9,14H,16H2. The second-order valence-corrected chi connectivity index (χ2v) is 4.60. The Morgan fingerprint density at radius 1 is 1.17 bits per heavy atom. The molecule has 0 saturated heterocycles. The summed E-state index contributed by atoms with van der Waals surface area (Å²) < 4.78 is 1.82. The third-order valence-electron chi connectivity index (χ3n) is 3.00. The van der Waals surface area contributed by atoms with Gasteiger partial charge in [-0.25, -0.2) is 4.52 Å². The number of fused-ring (bicyclic) bond motifs is 1. The molecule has 0 aliphatic heterocycles. The predicted octanol–water partition coefficient (Wildman–Crippen LogP) is 3.04. The third kappa shape index (κ3) is 1.88. The van der Waals surface area contributed by atoms with Gasteiger partial charge in [-0.2, -0.15) is 5.10 Å². The van der Waals surface area contributed by atoms with E-state index in [2.05, 4.69) is 5.10 Å². The molecule has 90 valence electrons. The molecule has 3 nitrogen and oxygen atoms in total. The van der Waals surface area contributed by atoms with E-state index < -0.39 is 0 Å². The molecule has 0 radical (unpaired) electrons. The lowest BCUT2D eigenvalue weighted by Gasteiger charge is -2.11. The Labute approximate surface area is 110 Å². The summed E-state index contributed by atoms with van der Waals surface area (Å²) in [6.07, 6.45) is 3.71. The number of halogens is 1. The van der Waals surface area contributed by atoms with Crippen LogP contribution in [0.25, 0.3) is 5.52 Å². The van der Waals surface area contributed by atoms with Gasteiger partial charge in [-0.3, -0.25) is 0 Å². The van der Waals surface area contributed by atoms with Gasteiger partial charge in [0.2, 0.25) is 0 Å². The fourth-order valence-corrected chi connectivity index (χ4v) is 2.27. The van der Waals surface area contributed by atoms with Gasteiger partial charge in [0.25, 0.3) is 0 Å². The lowest BCUT2D eigenvalue weighted by Crippen LogP contribution is -2.11. The highest BCUT2D eigenvalue weighted by molar-refractivity contribution is 6.30. The van der Waals surface area contributed by atoms with Crippen molar-refractivity contribution in [3.05, 3.63) is 71.0 Å². The molecule has 0 amide bonds. The Morgan fingerprint density at radius 3 is 2.89 bits per heavy atom. The predicted molar refractivity (Wildman–Crippen MR) is 72.7 cm³/mol. The van der Waals surface area contributed by atoms with Crippen LogP contribution in [-0.2, 0) is 0 Å². The van der Waals surface area contributed by atoms with E-state index in [0.717, 1.165) is 16.6 Å². The van der Waals surface area contributed by atoms with Gasteiger partial charge < -0.3 is 5.73 Å². The van der Waals surface area contributed by atoms with Crippen LogP contribution in [0.5, 0.6) is 0 Å². The van der Waals surface area contributed by atoms with Gasteiger partial charge in [0.1, 0.15) is 0 Å². The summed E-state index contributed by atoms with van der Waals surface area (Å²) in [5.74, 6) is 0. The first-order valence-electron chi connectivity index (χ1n) is 5.69. The zero-order chi connectivity index (χ0) is 12.5. The molecule has 2 heterocycles. The molecule has 2 aromatic heterocycles. The van der Waals surface area contributed by atoms with Crippen molar-refractivity contribution in [1.82, 2.24) is 9.61 Å². The molecule has 2 N–H and O–H groups in total. The number of pyridine rings is 1. The van der Waals surface area contributed by atoms with E-state index in [-0.39, 0.29) is 6.04 Å². The van der Waals surface area contributed by atoms with Crippen LogP contribution in [0.4, 0.5) is 0 Å². The molecule has 0 aliphatic rings. The molecule has 1 atom stereocenters. The molecular weight excluding hydrogens is 246 g/mol. The summed E-state index contributed by atoms with van der Waals surface area (Å²) in [7, 11) is 0. The van der Waals surface area contributed by atoms with Crippen molar-refractivity contribution in [2.24, 2.45) is 5.73 Å². The second-order valence-electron chi connectivity index (χ2n) is 4.16. The van der Waals surface area contributed by atoms with Gasteiger partial charge in [0.15, 0.2) is 0 Å². The summed E-state index contributed by atoms with van der Waals surface area (Å²) in [6.45, 7) is 0. The van der Waals surface area contributed by atoms with Gasteiger partial charge in [0, 0.05) is 16.8 Å². The van der Waals surface area contributed by atoms with E-state index in [0.29, 0.717) is 5.02 Å². The number of nitrogens with two attached hydrogens (primary N) is 1. The highest BCUT2D eigenvalue weighted by atomic mass is 35.5. The minimum Gasteiger partial charge on any atom is -0.320 e. The zero-order valence-electron chi connectivity index (χ0n) is 9.62. The fraction of sp³-hybridized carbons (Fsp3) is 0.0714. The van der Waals surface area contributed by atoms with Gasteiger partial charge >= 0.3 is 0 Å². The SMILES string of the molecule is NC(c1cccc(Cl)c1)c1cnn2ccccc12. The first-order valence-corrected chi connectivity index (χ1v) is 6.07. The Bertz CT molecular complexity index is 690. The van der Waals surface area contributed by atoms with Crippen LogP contribution in [0, 0.1) is 0 Å². The van der Waals surface area contributed by atoms with E-state index in [1.165, 1.54) is 0 Å². The van der Waals surface area contributed by atoms with Crippen molar-refractivity contribution in [2.45, 2.75) is 6.04 Å². The van der Waals surface area contributed by atoms with Crippen LogP contribution in [-0.4, -0.2) is 9.61 Å². The molecule has 0 bridgehead atoms. The normalized spacial score (nSPS) is 12.8. The first-order chi connectivity index (χ1) is 8.75. The first kappa shape index (κ1) is 11.3. The van der Waals surface area contributed by atoms with E-state index >= 15 is 0 Å². The van der Waals surface area contributed by atoms with Crippen LogP contribution in [0.15, 0.2) is 54.9 Å². The van der Waals surface area contributed by atoms with Crippen molar-refractivity contribution in [3.63, 3.8) is 0 Å². The minimum atomic E-state index is -0.219. The Balaban J connectivity index is 2.09. The number of hydrogen-bond acceptors (Lipinski definition) is 2. The molecule has 1 unspecified atom stereocenters. The largest absolute Gasteiger partial charge is 0.320 e. The van der Waals surface area contributed by atoms with Crippen molar-refractivity contribution < 1.29 is 0 Å². The van der Waals surface area contributed by atoms with Crippen LogP contribution < -0.4 is 5.73 Å². The van der Waals surface area contributed by atoms with E-state index in [4.69, 9.17) is 17.3 Å². The number of benzene rings is 1. The average molecular weight is 258 g/mol. The molecule has 3 aromatic rings. The third-order valence-corrected chi connectivity index (χ3v) is 3.23. The molecule has 0 spiro atoms. The van der Waals surface area contributed by atoms with Crippen LogP contribution >= 0.6 is 11.6 Å². The summed E-state index contributed by atoms with van der Waals surface area (Å²) in [6, 6.07) is 13.3. The van der Waals surface area contributed by atoms with Crippen LogP contribution in [0.3, 0.4) is 0 Å². The molecular formula is C14H12ClN3. The van der Waals surface area contributed by atoms with Crippen molar-refractivity contribution in [2.75, 3.05) is 0 Å². The topological polar surface area (TPSA) is 43.3 Å². The summed E-state index contributed by atoms with van der Waals surface area (Å²) in [5.41, 5.74) is 9.29. The summed E-state index contributed by atoms with van der Waals surface area (Å²) >= 11 is 5.99. The highest BCUT2D eigenvalue weighted by Crippen LogP contribution is 2.25. The quantitative estimate of drug-likeness (QED) is 0.767. The number of hydrogen-bond donors (Lipinski definition) is 1. The number of aromatic nitrogens is 2. The van der Waals surface area contributed by atoms with Crippen LogP contribution in [0.1, 0.15) is 17.2 Å². The maximum Gasteiger partial charge on any atom is 0.0712 e. The van der Waals surface area contributed by atoms with E-state index in [1.807, 2.05) is 53.2 Å². The molecule has 0 saturated carbocycles. The van der Waals surface area contributed by atoms with Crippen molar-refractivity contribution in [3.8, 4) is 0 Å². The molecule has 4 heteroatoms. The average Bonchev–Trinajstić information content (AvgIpc) is 2.82. The van der Waals surface area contributed by atoms with Crippen molar-refractivity contribution >= 4 is 17.1 Å². The lowest BCUT2D eigenvalue weighted by atomic mass is 10.0. The molecule has 3 rings (SSSR count). The van der Waals surface area contributed by atoms with E-state index in [1.54, 1.807) is 6.20 Å². The summed E-state index contributed by atoms with van der Waals surface area (Å²) in [5, 5.41) is 4.99. The van der Waals surface area contributed by atoms with Gasteiger partial charge in [-0.1, -0.05) is 29.8 Å². The minimum absolute atomic E-state index is 0.219. The Morgan fingerprint density at radius 2 is 2.06 bits per heavy atom. The van der Waals surface area contributed by atoms with Gasteiger partial charge in [-0.15, -0.1) is 0 Å². The monoisotopic (exact) mass is 257 g/mol. The Kier molecular flexibility index (Phi) is 2.78. The fourth-order valence-electron chi connectivity index (χ4n) is 2.07. The maximum atomic E-state index is 6.28. The number of nitrogens with zero attached hydrogens (tertiary/aromatic N) is 2.